The Hall–Kier alpha value is -1.32. The van der Waals surface area contributed by atoms with Gasteiger partial charge in [0.05, 0.1) is 12.6 Å². The summed E-state index contributed by atoms with van der Waals surface area (Å²) in [4.78, 5) is 11.4. The van der Waals surface area contributed by atoms with E-state index >= 15 is 0 Å². The molecular formula is C13H20N2O2. The Morgan fingerprint density at radius 2 is 2.18 bits per heavy atom. The molecule has 2 rings (SSSR count). The number of carbonyl (C=O) groups is 1. The van der Waals surface area contributed by atoms with Crippen LogP contribution in [0.25, 0.3) is 0 Å². The van der Waals surface area contributed by atoms with Gasteiger partial charge in [-0.3, -0.25) is 9.48 Å². The Morgan fingerprint density at radius 3 is 2.76 bits per heavy atom. The third-order valence-electron chi connectivity index (χ3n) is 3.48. The maximum absolute atomic E-state index is 11.4. The van der Waals surface area contributed by atoms with Gasteiger partial charge in [-0.15, -0.1) is 0 Å². The molecule has 1 aliphatic carbocycles. The second-order valence-corrected chi connectivity index (χ2v) is 4.67. The molecule has 0 spiro atoms. The normalized spacial score (nSPS) is 24.5. The lowest BCUT2D eigenvalue weighted by Gasteiger charge is -2.28. The van der Waals surface area contributed by atoms with Crippen LogP contribution < -0.4 is 0 Å². The zero-order valence-electron chi connectivity index (χ0n) is 10.3. The number of esters is 1. The van der Waals surface area contributed by atoms with Crippen molar-refractivity contribution in [2.24, 2.45) is 5.92 Å². The lowest BCUT2D eigenvalue weighted by atomic mass is 9.84. The summed E-state index contributed by atoms with van der Waals surface area (Å²) in [5.41, 5.74) is 0. The van der Waals surface area contributed by atoms with Gasteiger partial charge in [0, 0.05) is 18.8 Å². The summed E-state index contributed by atoms with van der Waals surface area (Å²) in [6.45, 7) is 2.34. The van der Waals surface area contributed by atoms with Crippen LogP contribution in [0.3, 0.4) is 0 Å². The number of rotatable bonds is 4. The zero-order chi connectivity index (χ0) is 12.1. The third kappa shape index (κ3) is 3.32. The molecule has 0 unspecified atom stereocenters. The van der Waals surface area contributed by atoms with Crippen molar-refractivity contribution in [1.82, 2.24) is 9.78 Å². The van der Waals surface area contributed by atoms with Crippen LogP contribution in [0.1, 0.15) is 45.1 Å². The summed E-state index contributed by atoms with van der Waals surface area (Å²) < 4.78 is 7.03. The first kappa shape index (κ1) is 12.1. The summed E-state index contributed by atoms with van der Waals surface area (Å²) in [5, 5.41) is 4.28. The van der Waals surface area contributed by atoms with Crippen LogP contribution in [-0.4, -0.2) is 22.4 Å². The molecule has 1 heterocycles. The second kappa shape index (κ2) is 5.84. The minimum absolute atomic E-state index is 0.0463. The number of nitrogens with zero attached hydrogens (tertiary/aromatic N) is 2. The zero-order valence-corrected chi connectivity index (χ0v) is 10.3. The van der Waals surface area contributed by atoms with Crippen LogP contribution in [0.15, 0.2) is 18.5 Å². The molecule has 0 atom stereocenters. The third-order valence-corrected chi connectivity index (χ3v) is 3.48. The monoisotopic (exact) mass is 236 g/mol. The molecule has 1 aromatic heterocycles. The standard InChI is InChI=1S/C13H20N2O2/c1-2-17-13(16)10-11-4-6-12(7-5-11)15-9-3-8-14-15/h3,8-9,11-12H,2,4-7,10H2,1H3. The lowest BCUT2D eigenvalue weighted by Crippen LogP contribution is -2.21. The lowest BCUT2D eigenvalue weighted by molar-refractivity contribution is -0.144. The Labute approximate surface area is 102 Å². The van der Waals surface area contributed by atoms with E-state index in [2.05, 4.69) is 5.10 Å². The van der Waals surface area contributed by atoms with Crippen molar-refractivity contribution in [3.63, 3.8) is 0 Å². The van der Waals surface area contributed by atoms with E-state index in [1.54, 1.807) is 0 Å². The van der Waals surface area contributed by atoms with Gasteiger partial charge in [0.25, 0.3) is 0 Å². The maximum atomic E-state index is 11.4. The van der Waals surface area contributed by atoms with Gasteiger partial charge in [-0.1, -0.05) is 0 Å². The van der Waals surface area contributed by atoms with Crippen LogP contribution >= 0.6 is 0 Å². The van der Waals surface area contributed by atoms with Crippen molar-refractivity contribution in [1.29, 1.82) is 0 Å². The predicted octanol–water partition coefficient (Wildman–Crippen LogP) is 2.57. The van der Waals surface area contributed by atoms with Gasteiger partial charge in [-0.05, 0) is 44.6 Å². The Kier molecular flexibility index (Phi) is 4.18. The largest absolute Gasteiger partial charge is 0.466 e. The highest BCUT2D eigenvalue weighted by atomic mass is 16.5. The molecule has 1 aliphatic rings. The Morgan fingerprint density at radius 1 is 1.41 bits per heavy atom. The Bertz CT molecular complexity index is 340. The molecule has 1 aromatic rings. The second-order valence-electron chi connectivity index (χ2n) is 4.67. The molecule has 1 saturated carbocycles. The fourth-order valence-corrected chi connectivity index (χ4v) is 2.57. The highest BCUT2D eigenvalue weighted by Crippen LogP contribution is 2.33. The van der Waals surface area contributed by atoms with E-state index < -0.39 is 0 Å². The molecule has 0 N–H and O–H groups in total. The van der Waals surface area contributed by atoms with Crippen LogP contribution in [0.5, 0.6) is 0 Å². The first-order valence-electron chi connectivity index (χ1n) is 6.44. The van der Waals surface area contributed by atoms with Crippen molar-refractivity contribution in [3.05, 3.63) is 18.5 Å². The van der Waals surface area contributed by atoms with Crippen LogP contribution in [-0.2, 0) is 9.53 Å². The van der Waals surface area contributed by atoms with E-state index in [-0.39, 0.29) is 5.97 Å². The minimum Gasteiger partial charge on any atom is -0.466 e. The average molecular weight is 236 g/mol. The molecule has 0 bridgehead atoms. The molecule has 17 heavy (non-hydrogen) atoms. The Balaban J connectivity index is 1.76. The molecule has 0 radical (unpaired) electrons. The smallest absolute Gasteiger partial charge is 0.306 e. The number of carbonyl (C=O) groups excluding carboxylic acids is 1. The molecular weight excluding hydrogens is 216 g/mol. The summed E-state index contributed by atoms with van der Waals surface area (Å²) in [6.07, 6.45) is 8.87. The average Bonchev–Trinajstić information content (AvgIpc) is 2.84. The topological polar surface area (TPSA) is 44.1 Å². The number of hydrogen-bond acceptors (Lipinski definition) is 3. The van der Waals surface area contributed by atoms with Crippen LogP contribution in [0.4, 0.5) is 0 Å². The SMILES string of the molecule is CCOC(=O)CC1CCC(n2cccn2)CC1. The van der Waals surface area contributed by atoms with Gasteiger partial charge in [0.15, 0.2) is 0 Å². The fourth-order valence-electron chi connectivity index (χ4n) is 2.57. The molecule has 0 aliphatic heterocycles. The van der Waals surface area contributed by atoms with Crippen molar-refractivity contribution < 1.29 is 9.53 Å². The van der Waals surface area contributed by atoms with Crippen molar-refractivity contribution in [3.8, 4) is 0 Å². The fraction of sp³-hybridized carbons (Fsp3) is 0.692. The van der Waals surface area contributed by atoms with Gasteiger partial charge in [0.1, 0.15) is 0 Å². The minimum atomic E-state index is -0.0463. The van der Waals surface area contributed by atoms with E-state index in [4.69, 9.17) is 4.74 Å². The molecule has 0 aromatic carbocycles. The highest BCUT2D eigenvalue weighted by Gasteiger charge is 2.24. The highest BCUT2D eigenvalue weighted by molar-refractivity contribution is 5.69. The summed E-state index contributed by atoms with van der Waals surface area (Å²) >= 11 is 0. The van der Waals surface area contributed by atoms with E-state index in [1.807, 2.05) is 30.1 Å². The summed E-state index contributed by atoms with van der Waals surface area (Å²) in [7, 11) is 0. The van der Waals surface area contributed by atoms with E-state index in [0.29, 0.717) is 25.0 Å². The molecule has 94 valence electrons. The predicted molar refractivity (Wildman–Crippen MR) is 64.5 cm³/mol. The molecule has 0 saturated heterocycles. The summed E-state index contributed by atoms with van der Waals surface area (Å²) in [6, 6.07) is 2.48. The van der Waals surface area contributed by atoms with Crippen molar-refractivity contribution in [2.45, 2.75) is 45.1 Å². The van der Waals surface area contributed by atoms with E-state index in [0.717, 1.165) is 25.7 Å². The first-order valence-corrected chi connectivity index (χ1v) is 6.44. The van der Waals surface area contributed by atoms with E-state index in [9.17, 15) is 4.79 Å². The van der Waals surface area contributed by atoms with Gasteiger partial charge < -0.3 is 4.74 Å². The molecule has 0 amide bonds. The number of ether oxygens (including phenoxy) is 1. The van der Waals surface area contributed by atoms with Gasteiger partial charge in [-0.25, -0.2) is 0 Å². The van der Waals surface area contributed by atoms with E-state index in [1.165, 1.54) is 0 Å². The molecule has 4 nitrogen and oxygen atoms in total. The van der Waals surface area contributed by atoms with Crippen LogP contribution in [0, 0.1) is 5.92 Å². The van der Waals surface area contributed by atoms with Gasteiger partial charge in [-0.2, -0.15) is 5.10 Å². The molecule has 4 heteroatoms. The number of hydrogen-bond donors (Lipinski definition) is 0. The molecule has 1 fully saturated rings. The first-order chi connectivity index (χ1) is 8.29. The summed E-state index contributed by atoms with van der Waals surface area (Å²) in [5.74, 6) is 0.455. The van der Waals surface area contributed by atoms with Crippen molar-refractivity contribution in [2.75, 3.05) is 6.61 Å². The van der Waals surface area contributed by atoms with Crippen LogP contribution in [0.2, 0.25) is 0 Å². The van der Waals surface area contributed by atoms with Gasteiger partial charge in [0.2, 0.25) is 0 Å². The van der Waals surface area contributed by atoms with Gasteiger partial charge >= 0.3 is 5.97 Å². The number of aromatic nitrogens is 2. The maximum Gasteiger partial charge on any atom is 0.306 e. The van der Waals surface area contributed by atoms with Crippen molar-refractivity contribution >= 4 is 5.97 Å². The quantitative estimate of drug-likeness (QED) is 0.755.